The quantitative estimate of drug-likeness (QED) is 0.662. The highest BCUT2D eigenvalue weighted by atomic mass is 19.1. The lowest BCUT2D eigenvalue weighted by Crippen LogP contribution is -2.31. The van der Waals surface area contributed by atoms with Gasteiger partial charge in [-0.2, -0.15) is 5.10 Å². The molecular formula is C9H8BFN2O2. The Morgan fingerprint density at radius 3 is 2.33 bits per heavy atom. The van der Waals surface area contributed by atoms with Crippen molar-refractivity contribution in [3.63, 3.8) is 0 Å². The molecule has 0 aliphatic rings. The van der Waals surface area contributed by atoms with Crippen molar-refractivity contribution in [2.45, 2.75) is 0 Å². The van der Waals surface area contributed by atoms with E-state index >= 15 is 0 Å². The van der Waals surface area contributed by atoms with Gasteiger partial charge in [0.2, 0.25) is 0 Å². The molecule has 1 aromatic carbocycles. The average Bonchev–Trinajstić information content (AvgIpc) is 2.68. The molecule has 4 nitrogen and oxygen atoms in total. The minimum absolute atomic E-state index is 0.152. The highest BCUT2D eigenvalue weighted by Crippen LogP contribution is 2.06. The van der Waals surface area contributed by atoms with E-state index in [1.165, 1.54) is 22.9 Å². The average molecular weight is 206 g/mol. The second-order valence-corrected chi connectivity index (χ2v) is 3.04. The monoisotopic (exact) mass is 206 g/mol. The molecule has 0 aliphatic carbocycles. The molecule has 2 N–H and O–H groups in total. The normalized spacial score (nSPS) is 10.3. The van der Waals surface area contributed by atoms with E-state index in [1.807, 2.05) is 0 Å². The van der Waals surface area contributed by atoms with E-state index in [1.54, 1.807) is 18.3 Å². The Labute approximate surface area is 85.7 Å². The van der Waals surface area contributed by atoms with E-state index in [9.17, 15) is 4.39 Å². The molecular weight excluding hydrogens is 198 g/mol. The summed E-state index contributed by atoms with van der Waals surface area (Å²) >= 11 is 0. The minimum Gasteiger partial charge on any atom is -0.422 e. The minimum atomic E-state index is -1.59. The van der Waals surface area contributed by atoms with Crippen molar-refractivity contribution < 1.29 is 14.4 Å². The Kier molecular flexibility index (Phi) is 2.53. The second kappa shape index (κ2) is 3.84. The number of benzene rings is 1. The van der Waals surface area contributed by atoms with E-state index in [2.05, 4.69) is 5.10 Å². The third-order valence-electron chi connectivity index (χ3n) is 1.97. The van der Waals surface area contributed by atoms with Gasteiger partial charge in [0.25, 0.3) is 0 Å². The molecule has 0 bridgehead atoms. The SMILES string of the molecule is OB(O)c1ccn(-c2ccc(F)cc2)n1. The number of hydrogen-bond acceptors (Lipinski definition) is 3. The molecule has 15 heavy (non-hydrogen) atoms. The highest BCUT2D eigenvalue weighted by Gasteiger charge is 2.14. The smallest absolute Gasteiger partial charge is 0.422 e. The van der Waals surface area contributed by atoms with Gasteiger partial charge in [-0.3, -0.25) is 0 Å². The first-order valence-corrected chi connectivity index (χ1v) is 4.34. The van der Waals surface area contributed by atoms with Gasteiger partial charge in [-0.1, -0.05) is 0 Å². The van der Waals surface area contributed by atoms with Gasteiger partial charge in [0.1, 0.15) is 5.82 Å². The van der Waals surface area contributed by atoms with Crippen LogP contribution in [0.5, 0.6) is 0 Å². The van der Waals surface area contributed by atoms with Crippen molar-refractivity contribution in [3.8, 4) is 5.69 Å². The van der Waals surface area contributed by atoms with E-state index in [4.69, 9.17) is 10.0 Å². The standard InChI is InChI=1S/C9H8BFN2O2/c11-7-1-3-8(4-2-7)13-6-5-9(12-13)10(14)15/h1-6,14-15H. The summed E-state index contributed by atoms with van der Waals surface area (Å²) in [4.78, 5) is 0. The number of halogens is 1. The van der Waals surface area contributed by atoms with Crippen LogP contribution in [-0.2, 0) is 0 Å². The molecule has 6 heteroatoms. The zero-order valence-corrected chi connectivity index (χ0v) is 7.71. The fourth-order valence-corrected chi connectivity index (χ4v) is 1.21. The number of aromatic nitrogens is 2. The van der Waals surface area contributed by atoms with Crippen LogP contribution in [0.15, 0.2) is 36.5 Å². The lowest BCUT2D eigenvalue weighted by Gasteiger charge is -2.00. The number of rotatable bonds is 2. The van der Waals surface area contributed by atoms with Crippen LogP contribution in [0.2, 0.25) is 0 Å². The Morgan fingerprint density at radius 2 is 1.80 bits per heavy atom. The zero-order chi connectivity index (χ0) is 10.8. The van der Waals surface area contributed by atoms with Gasteiger partial charge in [-0.05, 0) is 30.3 Å². The lowest BCUT2D eigenvalue weighted by atomic mass is 9.87. The molecule has 0 spiro atoms. The van der Waals surface area contributed by atoms with Gasteiger partial charge in [-0.15, -0.1) is 0 Å². The van der Waals surface area contributed by atoms with Crippen molar-refractivity contribution in [2.75, 3.05) is 0 Å². The summed E-state index contributed by atoms with van der Waals surface area (Å²) in [6, 6.07) is 7.21. The van der Waals surface area contributed by atoms with E-state index in [0.29, 0.717) is 5.69 Å². The van der Waals surface area contributed by atoms with Crippen LogP contribution in [0.25, 0.3) is 5.69 Å². The maximum atomic E-state index is 12.6. The maximum Gasteiger partial charge on any atom is 0.510 e. The molecule has 1 aromatic heterocycles. The van der Waals surface area contributed by atoms with Crippen LogP contribution in [0.3, 0.4) is 0 Å². The summed E-state index contributed by atoms with van der Waals surface area (Å²) in [7, 11) is -1.59. The Morgan fingerprint density at radius 1 is 1.13 bits per heavy atom. The Hall–Kier alpha value is -1.66. The third kappa shape index (κ3) is 2.06. The predicted molar refractivity (Wildman–Crippen MR) is 53.3 cm³/mol. The summed E-state index contributed by atoms with van der Waals surface area (Å²) < 4.78 is 14.1. The molecule has 2 rings (SSSR count). The molecule has 0 saturated heterocycles. The van der Waals surface area contributed by atoms with Crippen molar-refractivity contribution in [1.29, 1.82) is 0 Å². The van der Waals surface area contributed by atoms with Crippen LogP contribution in [-0.4, -0.2) is 26.9 Å². The first-order valence-electron chi connectivity index (χ1n) is 4.34. The van der Waals surface area contributed by atoms with Gasteiger partial charge in [0, 0.05) is 6.20 Å². The van der Waals surface area contributed by atoms with Crippen LogP contribution in [0.1, 0.15) is 0 Å². The molecule has 0 fully saturated rings. The van der Waals surface area contributed by atoms with Crippen LogP contribution >= 0.6 is 0 Å². The molecule has 0 amide bonds. The summed E-state index contributed by atoms with van der Waals surface area (Å²) in [5.41, 5.74) is 0.808. The Balaban J connectivity index is 2.33. The molecule has 0 atom stereocenters. The van der Waals surface area contributed by atoms with Crippen molar-refractivity contribution in [3.05, 3.63) is 42.3 Å². The van der Waals surface area contributed by atoms with Gasteiger partial charge in [0.05, 0.1) is 11.3 Å². The Bertz CT molecular complexity index is 455. The van der Waals surface area contributed by atoms with E-state index in [0.717, 1.165) is 0 Å². The molecule has 2 aromatic rings. The van der Waals surface area contributed by atoms with Crippen molar-refractivity contribution in [1.82, 2.24) is 9.78 Å². The molecule has 76 valence electrons. The summed E-state index contributed by atoms with van der Waals surface area (Å²) in [6.45, 7) is 0. The van der Waals surface area contributed by atoms with Gasteiger partial charge in [-0.25, -0.2) is 9.07 Å². The van der Waals surface area contributed by atoms with Crippen LogP contribution in [0, 0.1) is 5.82 Å². The molecule has 0 aliphatic heterocycles. The highest BCUT2D eigenvalue weighted by molar-refractivity contribution is 6.57. The van der Waals surface area contributed by atoms with Crippen LogP contribution in [0.4, 0.5) is 4.39 Å². The van der Waals surface area contributed by atoms with Crippen molar-refractivity contribution in [2.24, 2.45) is 0 Å². The largest absolute Gasteiger partial charge is 0.510 e. The van der Waals surface area contributed by atoms with Crippen molar-refractivity contribution >= 4 is 12.7 Å². The second-order valence-electron chi connectivity index (χ2n) is 3.04. The first-order chi connectivity index (χ1) is 7.16. The summed E-state index contributed by atoms with van der Waals surface area (Å²) in [5, 5.41) is 21.6. The fraction of sp³-hybridized carbons (Fsp3) is 0. The number of hydrogen-bond donors (Lipinski definition) is 2. The zero-order valence-electron chi connectivity index (χ0n) is 7.71. The summed E-state index contributed by atoms with van der Waals surface area (Å²) in [6.07, 6.45) is 1.57. The molecule has 0 unspecified atom stereocenters. The first kappa shape index (κ1) is 9.88. The third-order valence-corrected chi connectivity index (χ3v) is 1.97. The van der Waals surface area contributed by atoms with E-state index in [-0.39, 0.29) is 11.4 Å². The van der Waals surface area contributed by atoms with Gasteiger partial charge < -0.3 is 10.0 Å². The van der Waals surface area contributed by atoms with Gasteiger partial charge in [0.15, 0.2) is 0 Å². The molecule has 0 saturated carbocycles. The summed E-state index contributed by atoms with van der Waals surface area (Å²) in [5.74, 6) is -0.326. The van der Waals surface area contributed by atoms with E-state index < -0.39 is 7.12 Å². The number of nitrogens with zero attached hydrogens (tertiary/aromatic N) is 2. The van der Waals surface area contributed by atoms with Gasteiger partial charge >= 0.3 is 7.12 Å². The molecule has 1 heterocycles. The maximum absolute atomic E-state index is 12.6. The molecule has 0 radical (unpaired) electrons. The topological polar surface area (TPSA) is 58.3 Å². The predicted octanol–water partition coefficient (Wildman–Crippen LogP) is -0.309. The lowest BCUT2D eigenvalue weighted by molar-refractivity contribution is 0.424. The van der Waals surface area contributed by atoms with Crippen LogP contribution < -0.4 is 5.59 Å². The fourth-order valence-electron chi connectivity index (χ4n) is 1.21.